The molecular formula is C15H11Cl. The molecule has 0 heterocycles. The highest BCUT2D eigenvalue weighted by Gasteiger charge is 1.98. The monoisotopic (exact) mass is 226 g/mol. The van der Waals surface area contributed by atoms with Crippen LogP contribution >= 0.6 is 11.6 Å². The SMILES string of the molecule is ClCc1ccc2cc3ccccc3cc2c1. The molecule has 0 spiro atoms. The second kappa shape index (κ2) is 3.80. The summed E-state index contributed by atoms with van der Waals surface area (Å²) in [6, 6.07) is 19.3. The van der Waals surface area contributed by atoms with Crippen LogP contribution in [-0.2, 0) is 5.88 Å². The molecule has 16 heavy (non-hydrogen) atoms. The standard InChI is InChI=1S/C15H11Cl/c16-10-11-5-6-14-8-12-3-1-2-4-13(12)9-15(14)7-11/h1-9H,10H2. The first-order valence-electron chi connectivity index (χ1n) is 5.34. The third-order valence-corrected chi connectivity index (χ3v) is 3.23. The van der Waals surface area contributed by atoms with E-state index in [4.69, 9.17) is 11.6 Å². The summed E-state index contributed by atoms with van der Waals surface area (Å²) in [5, 5.41) is 5.10. The fourth-order valence-electron chi connectivity index (χ4n) is 2.07. The lowest BCUT2D eigenvalue weighted by molar-refractivity contribution is 1.43. The highest BCUT2D eigenvalue weighted by molar-refractivity contribution is 6.17. The Morgan fingerprint density at radius 3 is 2.00 bits per heavy atom. The maximum Gasteiger partial charge on any atom is 0.0474 e. The van der Waals surface area contributed by atoms with Crippen molar-refractivity contribution in [3.63, 3.8) is 0 Å². The van der Waals surface area contributed by atoms with Crippen LogP contribution in [0, 0.1) is 0 Å². The van der Waals surface area contributed by atoms with Crippen LogP contribution in [-0.4, -0.2) is 0 Å². The molecule has 0 saturated heterocycles. The quantitative estimate of drug-likeness (QED) is 0.416. The van der Waals surface area contributed by atoms with Crippen LogP contribution in [0.15, 0.2) is 54.6 Å². The Morgan fingerprint density at radius 1 is 0.688 bits per heavy atom. The number of alkyl halides is 1. The Balaban J connectivity index is 2.37. The Hall–Kier alpha value is -1.53. The molecule has 1 heteroatoms. The van der Waals surface area contributed by atoms with Crippen molar-refractivity contribution >= 4 is 33.1 Å². The normalized spacial score (nSPS) is 11.1. The molecule has 0 aliphatic rings. The van der Waals surface area contributed by atoms with E-state index in [2.05, 4.69) is 54.6 Å². The summed E-state index contributed by atoms with van der Waals surface area (Å²) in [5.74, 6) is 0.572. The molecule has 0 amide bonds. The molecule has 0 unspecified atom stereocenters. The van der Waals surface area contributed by atoms with Gasteiger partial charge < -0.3 is 0 Å². The van der Waals surface area contributed by atoms with Crippen molar-refractivity contribution in [3.05, 3.63) is 60.2 Å². The number of fused-ring (bicyclic) bond motifs is 2. The van der Waals surface area contributed by atoms with Gasteiger partial charge in [-0.3, -0.25) is 0 Å². The first kappa shape index (κ1) is 9.68. The molecule has 0 N–H and O–H groups in total. The average molecular weight is 227 g/mol. The smallest absolute Gasteiger partial charge is 0.0474 e. The second-order valence-corrected chi connectivity index (χ2v) is 4.28. The summed E-state index contributed by atoms with van der Waals surface area (Å²) in [7, 11) is 0. The molecule has 0 aliphatic heterocycles. The van der Waals surface area contributed by atoms with Crippen LogP contribution in [0.25, 0.3) is 21.5 Å². The topological polar surface area (TPSA) is 0 Å². The van der Waals surface area contributed by atoms with E-state index in [1.165, 1.54) is 27.1 Å². The first-order valence-corrected chi connectivity index (χ1v) is 5.88. The van der Waals surface area contributed by atoms with Gasteiger partial charge in [0.25, 0.3) is 0 Å². The van der Waals surface area contributed by atoms with Crippen LogP contribution in [0.3, 0.4) is 0 Å². The zero-order valence-electron chi connectivity index (χ0n) is 8.78. The molecule has 0 aromatic heterocycles. The minimum atomic E-state index is 0.572. The zero-order valence-corrected chi connectivity index (χ0v) is 9.54. The molecule has 0 atom stereocenters. The van der Waals surface area contributed by atoms with Gasteiger partial charge in [-0.15, -0.1) is 11.6 Å². The third-order valence-electron chi connectivity index (χ3n) is 2.92. The van der Waals surface area contributed by atoms with Crippen molar-refractivity contribution in [3.8, 4) is 0 Å². The predicted molar refractivity (Wildman–Crippen MR) is 71.0 cm³/mol. The van der Waals surface area contributed by atoms with Crippen LogP contribution in [0.5, 0.6) is 0 Å². The van der Waals surface area contributed by atoms with E-state index in [0.717, 1.165) is 0 Å². The van der Waals surface area contributed by atoms with Crippen molar-refractivity contribution in [2.75, 3.05) is 0 Å². The number of halogens is 1. The largest absolute Gasteiger partial charge is 0.122 e. The second-order valence-electron chi connectivity index (χ2n) is 4.01. The lowest BCUT2D eigenvalue weighted by atomic mass is 10.0. The molecule has 3 aromatic carbocycles. The summed E-state index contributed by atoms with van der Waals surface area (Å²) in [6.45, 7) is 0. The van der Waals surface area contributed by atoms with Gasteiger partial charge in [-0.05, 0) is 45.3 Å². The van der Waals surface area contributed by atoms with Crippen LogP contribution in [0.2, 0.25) is 0 Å². The fourth-order valence-corrected chi connectivity index (χ4v) is 2.24. The molecule has 0 saturated carbocycles. The first-order chi connectivity index (χ1) is 7.86. The fraction of sp³-hybridized carbons (Fsp3) is 0.0667. The van der Waals surface area contributed by atoms with Gasteiger partial charge in [-0.25, -0.2) is 0 Å². The maximum absolute atomic E-state index is 5.85. The third kappa shape index (κ3) is 1.56. The molecule has 0 fully saturated rings. The van der Waals surface area contributed by atoms with Crippen molar-refractivity contribution in [1.82, 2.24) is 0 Å². The van der Waals surface area contributed by atoms with Crippen molar-refractivity contribution < 1.29 is 0 Å². The van der Waals surface area contributed by atoms with Gasteiger partial charge in [0.05, 0.1) is 0 Å². The minimum absolute atomic E-state index is 0.572. The van der Waals surface area contributed by atoms with Gasteiger partial charge in [0.15, 0.2) is 0 Å². The lowest BCUT2D eigenvalue weighted by Crippen LogP contribution is -1.80. The molecule has 0 nitrogen and oxygen atoms in total. The van der Waals surface area contributed by atoms with Gasteiger partial charge >= 0.3 is 0 Å². The van der Waals surface area contributed by atoms with E-state index in [-0.39, 0.29) is 0 Å². The lowest BCUT2D eigenvalue weighted by Gasteiger charge is -2.03. The Labute approximate surface area is 99.5 Å². The maximum atomic E-state index is 5.85. The molecule has 3 aromatic rings. The molecule has 3 rings (SSSR count). The summed E-state index contributed by atoms with van der Waals surface area (Å²) >= 11 is 5.85. The Bertz CT molecular complexity index is 656. The average Bonchev–Trinajstić information content (AvgIpc) is 2.35. The van der Waals surface area contributed by atoms with E-state index >= 15 is 0 Å². The number of hydrogen-bond acceptors (Lipinski definition) is 0. The van der Waals surface area contributed by atoms with Gasteiger partial charge in [-0.1, -0.05) is 36.4 Å². The van der Waals surface area contributed by atoms with Crippen molar-refractivity contribution in [1.29, 1.82) is 0 Å². The Kier molecular flexibility index (Phi) is 2.30. The summed E-state index contributed by atoms with van der Waals surface area (Å²) < 4.78 is 0. The zero-order chi connectivity index (χ0) is 11.0. The van der Waals surface area contributed by atoms with E-state index in [0.29, 0.717) is 5.88 Å². The van der Waals surface area contributed by atoms with E-state index in [1.807, 2.05) is 0 Å². The highest BCUT2D eigenvalue weighted by atomic mass is 35.5. The summed E-state index contributed by atoms with van der Waals surface area (Å²) in [6.07, 6.45) is 0. The number of benzene rings is 3. The van der Waals surface area contributed by atoms with Crippen LogP contribution in [0.1, 0.15) is 5.56 Å². The molecular weight excluding hydrogens is 216 g/mol. The van der Waals surface area contributed by atoms with Crippen LogP contribution in [0.4, 0.5) is 0 Å². The molecule has 0 bridgehead atoms. The van der Waals surface area contributed by atoms with Gasteiger partial charge in [0, 0.05) is 5.88 Å². The van der Waals surface area contributed by atoms with Gasteiger partial charge in [0.1, 0.15) is 0 Å². The van der Waals surface area contributed by atoms with Crippen LogP contribution < -0.4 is 0 Å². The summed E-state index contributed by atoms with van der Waals surface area (Å²) in [5.41, 5.74) is 1.17. The molecule has 78 valence electrons. The van der Waals surface area contributed by atoms with Crippen molar-refractivity contribution in [2.24, 2.45) is 0 Å². The van der Waals surface area contributed by atoms with E-state index < -0.39 is 0 Å². The minimum Gasteiger partial charge on any atom is -0.122 e. The molecule has 0 aliphatic carbocycles. The predicted octanol–water partition coefficient (Wildman–Crippen LogP) is 4.73. The number of hydrogen-bond donors (Lipinski definition) is 0. The number of rotatable bonds is 1. The van der Waals surface area contributed by atoms with E-state index in [1.54, 1.807) is 0 Å². The highest BCUT2D eigenvalue weighted by Crippen LogP contribution is 2.24. The summed E-state index contributed by atoms with van der Waals surface area (Å²) in [4.78, 5) is 0. The van der Waals surface area contributed by atoms with Crippen molar-refractivity contribution in [2.45, 2.75) is 5.88 Å². The molecule has 0 radical (unpaired) electrons. The van der Waals surface area contributed by atoms with Gasteiger partial charge in [-0.2, -0.15) is 0 Å². The van der Waals surface area contributed by atoms with Gasteiger partial charge in [0.2, 0.25) is 0 Å². The Morgan fingerprint density at radius 2 is 1.31 bits per heavy atom. The van der Waals surface area contributed by atoms with E-state index in [9.17, 15) is 0 Å².